The summed E-state index contributed by atoms with van der Waals surface area (Å²) in [6.45, 7) is 7.26. The van der Waals surface area contributed by atoms with E-state index in [0.29, 0.717) is 16.7 Å². The van der Waals surface area contributed by atoms with Gasteiger partial charge in [0.2, 0.25) is 0 Å². The highest BCUT2D eigenvalue weighted by atomic mass is 19.1. The van der Waals surface area contributed by atoms with E-state index in [4.69, 9.17) is 9.15 Å². The molecule has 0 aliphatic carbocycles. The Labute approximate surface area is 168 Å². The number of fused-ring (bicyclic) bond motifs is 1. The van der Waals surface area contributed by atoms with Crippen molar-refractivity contribution in [2.45, 2.75) is 39.7 Å². The molecule has 0 radical (unpaired) electrons. The van der Waals surface area contributed by atoms with Crippen LogP contribution in [0, 0.1) is 24.1 Å². The molecule has 1 N–H and O–H groups in total. The second kappa shape index (κ2) is 7.92. The van der Waals surface area contributed by atoms with Gasteiger partial charge in [0.05, 0.1) is 12.0 Å². The minimum Gasteiger partial charge on any atom is -0.460 e. The number of esters is 1. The van der Waals surface area contributed by atoms with Crippen LogP contribution < -0.4 is 5.32 Å². The number of anilines is 1. The van der Waals surface area contributed by atoms with Crippen LogP contribution in [0.4, 0.5) is 10.4 Å². The zero-order chi connectivity index (χ0) is 21.2. The van der Waals surface area contributed by atoms with Crippen molar-refractivity contribution in [1.29, 1.82) is 5.26 Å². The molecule has 7 heteroatoms. The van der Waals surface area contributed by atoms with Crippen LogP contribution in [-0.4, -0.2) is 23.1 Å². The van der Waals surface area contributed by atoms with Gasteiger partial charge in [-0.05, 0) is 38.8 Å². The summed E-state index contributed by atoms with van der Waals surface area (Å²) in [6, 6.07) is 11.1. The first-order chi connectivity index (χ1) is 13.7. The summed E-state index contributed by atoms with van der Waals surface area (Å²) in [5.41, 5.74) is 1.21. The van der Waals surface area contributed by atoms with Crippen LogP contribution in [0.2, 0.25) is 0 Å². The van der Waals surface area contributed by atoms with E-state index in [-0.39, 0.29) is 41.6 Å². The summed E-state index contributed by atoms with van der Waals surface area (Å²) in [5.74, 6) is -0.942. The Bertz CT molecular complexity index is 1090. The molecule has 2 aromatic carbocycles. The highest BCUT2D eigenvalue weighted by molar-refractivity contribution is 5.90. The Kier molecular flexibility index (Phi) is 5.55. The van der Waals surface area contributed by atoms with Crippen molar-refractivity contribution in [2.75, 3.05) is 11.9 Å². The number of hydrogen-bond acceptors (Lipinski definition) is 6. The fraction of sp³-hybridized carbons (Fsp3) is 0.318. The first kappa shape index (κ1) is 20.3. The lowest BCUT2D eigenvalue weighted by Crippen LogP contribution is -2.25. The molecule has 0 atom stereocenters. The molecule has 0 spiro atoms. The average Bonchev–Trinajstić information content (AvgIpc) is 3.06. The molecule has 29 heavy (non-hydrogen) atoms. The second-order valence-corrected chi connectivity index (χ2v) is 7.63. The van der Waals surface area contributed by atoms with E-state index in [1.165, 1.54) is 0 Å². The van der Waals surface area contributed by atoms with Crippen molar-refractivity contribution in [3.8, 4) is 17.2 Å². The largest absolute Gasteiger partial charge is 0.460 e. The zero-order valence-corrected chi connectivity index (χ0v) is 16.8. The third-order valence-electron chi connectivity index (χ3n) is 4.23. The first-order valence-electron chi connectivity index (χ1n) is 9.25. The smallest absolute Gasteiger partial charge is 0.308 e. The van der Waals surface area contributed by atoms with Gasteiger partial charge in [-0.25, -0.2) is 4.39 Å². The topological polar surface area (TPSA) is 88.2 Å². The molecular weight excluding hydrogens is 373 g/mol. The summed E-state index contributed by atoms with van der Waals surface area (Å²) in [7, 11) is 0. The van der Waals surface area contributed by atoms with Gasteiger partial charge in [0, 0.05) is 12.1 Å². The number of nitriles is 1. The number of carbonyl (C=O) groups is 1. The van der Waals surface area contributed by atoms with E-state index in [1.807, 2.05) is 6.07 Å². The molecule has 0 aliphatic heterocycles. The molecule has 1 heterocycles. The van der Waals surface area contributed by atoms with Gasteiger partial charge < -0.3 is 14.5 Å². The SMILES string of the molecule is Cc1c(-c2ccccc2)c(F)c2oc(NCCC(=O)OC(C)(C)C)nc2c1C#N. The number of rotatable bonds is 5. The lowest BCUT2D eigenvalue weighted by molar-refractivity contribution is -0.154. The summed E-state index contributed by atoms with van der Waals surface area (Å²) in [6.07, 6.45) is 0.0951. The normalized spacial score (nSPS) is 11.3. The van der Waals surface area contributed by atoms with Crippen molar-refractivity contribution in [3.63, 3.8) is 0 Å². The maximum atomic E-state index is 15.2. The van der Waals surface area contributed by atoms with Gasteiger partial charge in [0.1, 0.15) is 17.2 Å². The molecule has 0 saturated carbocycles. The molecule has 0 aliphatic rings. The van der Waals surface area contributed by atoms with E-state index in [0.717, 1.165) is 0 Å². The molecule has 6 nitrogen and oxygen atoms in total. The molecule has 0 amide bonds. The predicted octanol–water partition coefficient (Wildman–Crippen LogP) is 4.96. The minimum absolute atomic E-state index is 0.0450. The van der Waals surface area contributed by atoms with Crippen LogP contribution in [0.25, 0.3) is 22.2 Å². The van der Waals surface area contributed by atoms with Gasteiger partial charge in [-0.1, -0.05) is 30.3 Å². The van der Waals surface area contributed by atoms with Crippen LogP contribution in [-0.2, 0) is 9.53 Å². The van der Waals surface area contributed by atoms with Gasteiger partial charge in [-0.15, -0.1) is 0 Å². The molecule has 3 aromatic rings. The van der Waals surface area contributed by atoms with Crippen LogP contribution in [0.1, 0.15) is 38.3 Å². The lowest BCUT2D eigenvalue weighted by atomic mass is 9.95. The zero-order valence-electron chi connectivity index (χ0n) is 16.8. The monoisotopic (exact) mass is 395 g/mol. The number of ether oxygens (including phenoxy) is 1. The molecule has 3 rings (SSSR count). The predicted molar refractivity (Wildman–Crippen MR) is 108 cm³/mol. The van der Waals surface area contributed by atoms with Crippen LogP contribution in [0.5, 0.6) is 0 Å². The van der Waals surface area contributed by atoms with Gasteiger partial charge in [-0.3, -0.25) is 4.79 Å². The van der Waals surface area contributed by atoms with E-state index in [2.05, 4.69) is 16.4 Å². The van der Waals surface area contributed by atoms with E-state index in [9.17, 15) is 10.1 Å². The number of halogens is 1. The Morgan fingerprint density at radius 3 is 2.62 bits per heavy atom. The number of aromatic nitrogens is 1. The summed E-state index contributed by atoms with van der Waals surface area (Å²) in [5, 5.41) is 12.5. The standard InChI is InChI=1S/C22H22FN3O3/c1-13-15(12-24)19-20(18(23)17(13)14-8-6-5-7-9-14)28-21(26-19)25-11-10-16(27)29-22(2,3)4/h5-9H,10-11H2,1-4H3,(H,25,26). The Hall–Kier alpha value is -3.40. The Balaban J connectivity index is 1.91. The maximum absolute atomic E-state index is 15.2. The van der Waals surface area contributed by atoms with E-state index in [1.54, 1.807) is 52.0 Å². The summed E-state index contributed by atoms with van der Waals surface area (Å²) < 4.78 is 26.0. The summed E-state index contributed by atoms with van der Waals surface area (Å²) >= 11 is 0. The minimum atomic E-state index is -0.574. The van der Waals surface area contributed by atoms with E-state index < -0.39 is 11.4 Å². The Morgan fingerprint density at radius 1 is 1.31 bits per heavy atom. The molecule has 1 aromatic heterocycles. The van der Waals surface area contributed by atoms with Crippen LogP contribution in [0.15, 0.2) is 34.7 Å². The number of oxazole rings is 1. The highest BCUT2D eigenvalue weighted by Gasteiger charge is 2.23. The fourth-order valence-corrected chi connectivity index (χ4v) is 3.04. The van der Waals surface area contributed by atoms with Gasteiger partial charge in [-0.2, -0.15) is 10.2 Å². The van der Waals surface area contributed by atoms with Crippen molar-refractivity contribution in [1.82, 2.24) is 4.98 Å². The van der Waals surface area contributed by atoms with Gasteiger partial charge in [0.25, 0.3) is 6.01 Å². The van der Waals surface area contributed by atoms with Crippen LogP contribution in [0.3, 0.4) is 0 Å². The van der Waals surface area contributed by atoms with Crippen molar-refractivity contribution >= 4 is 23.1 Å². The molecule has 0 unspecified atom stereocenters. The van der Waals surface area contributed by atoms with Gasteiger partial charge >= 0.3 is 5.97 Å². The van der Waals surface area contributed by atoms with Gasteiger partial charge in [0.15, 0.2) is 11.4 Å². The number of benzene rings is 2. The first-order valence-corrected chi connectivity index (χ1v) is 9.25. The molecule has 0 saturated heterocycles. The molecule has 0 fully saturated rings. The fourth-order valence-electron chi connectivity index (χ4n) is 3.04. The highest BCUT2D eigenvalue weighted by Crippen LogP contribution is 2.36. The van der Waals surface area contributed by atoms with Crippen LogP contribution >= 0.6 is 0 Å². The van der Waals surface area contributed by atoms with Crippen molar-refractivity contribution in [2.24, 2.45) is 0 Å². The number of carbonyl (C=O) groups excluding carboxylic acids is 1. The second-order valence-electron chi connectivity index (χ2n) is 7.63. The average molecular weight is 395 g/mol. The quantitative estimate of drug-likeness (QED) is 0.615. The van der Waals surface area contributed by atoms with E-state index >= 15 is 4.39 Å². The maximum Gasteiger partial charge on any atom is 0.308 e. The van der Waals surface area contributed by atoms with Crippen molar-refractivity contribution in [3.05, 3.63) is 47.3 Å². The molecule has 0 bridgehead atoms. The number of hydrogen-bond donors (Lipinski definition) is 1. The lowest BCUT2D eigenvalue weighted by Gasteiger charge is -2.19. The molecular formula is C22H22FN3O3. The Morgan fingerprint density at radius 2 is 2.00 bits per heavy atom. The third kappa shape index (κ3) is 4.37. The summed E-state index contributed by atoms with van der Waals surface area (Å²) in [4.78, 5) is 16.0. The number of nitrogens with one attached hydrogen (secondary N) is 1. The van der Waals surface area contributed by atoms with Crippen molar-refractivity contribution < 1.29 is 18.3 Å². The third-order valence-corrected chi connectivity index (χ3v) is 4.23. The number of nitrogens with zero attached hydrogens (tertiary/aromatic N) is 2. The molecule has 150 valence electrons.